The van der Waals surface area contributed by atoms with E-state index in [1.807, 2.05) is 4.90 Å². The zero-order valence-electron chi connectivity index (χ0n) is 20.6. The molecular weight excluding hydrogens is 503 g/mol. The average Bonchev–Trinajstić information content (AvgIpc) is 3.65. The molecule has 1 N–H and O–H groups in total. The van der Waals surface area contributed by atoms with Crippen molar-refractivity contribution in [1.82, 2.24) is 15.1 Å². The monoisotopic (exact) mass is 535 g/mol. The number of carbonyl (C=O) groups excluding carboxylic acids is 1. The summed E-state index contributed by atoms with van der Waals surface area (Å²) in [5, 5.41) is 5.33. The first kappa shape index (κ1) is 25.3. The summed E-state index contributed by atoms with van der Waals surface area (Å²) < 4.78 is 51.8. The van der Waals surface area contributed by atoms with Gasteiger partial charge in [0.15, 0.2) is 0 Å². The summed E-state index contributed by atoms with van der Waals surface area (Å²) in [6.07, 6.45) is -0.792. The number of amides is 1. The van der Waals surface area contributed by atoms with Gasteiger partial charge in [-0.2, -0.15) is 13.2 Å². The number of hydrogen-bond donors (Lipinski definition) is 1. The number of carbonyl (C=O) groups is 1. The van der Waals surface area contributed by atoms with Crippen LogP contribution in [0.4, 0.5) is 13.2 Å². The van der Waals surface area contributed by atoms with E-state index in [9.17, 15) is 18.0 Å². The molecule has 37 heavy (non-hydrogen) atoms. The molecule has 200 valence electrons. The van der Waals surface area contributed by atoms with E-state index in [-0.39, 0.29) is 30.7 Å². The second-order valence-electron chi connectivity index (χ2n) is 10.6. The Bertz CT molecular complexity index is 1130. The SMILES string of the molecule is O=C(CN1CCc2ccc(C(F)(F)F)cc2C1)NC1CN(C2CCOC2)C[C@@H]1OC1CCc2ccsc21. The van der Waals surface area contributed by atoms with Crippen molar-refractivity contribution in [3.8, 4) is 0 Å². The van der Waals surface area contributed by atoms with Crippen molar-refractivity contribution in [2.24, 2.45) is 0 Å². The van der Waals surface area contributed by atoms with Gasteiger partial charge in [-0.25, -0.2) is 0 Å². The molecule has 10 heteroatoms. The molecular formula is C27H32F3N3O3S. The molecule has 2 aromatic rings. The number of nitrogens with zero attached hydrogens (tertiary/aromatic N) is 2. The summed E-state index contributed by atoms with van der Waals surface area (Å²) in [7, 11) is 0. The van der Waals surface area contributed by atoms with Crippen LogP contribution in [0.15, 0.2) is 29.6 Å². The molecule has 2 fully saturated rings. The highest BCUT2D eigenvalue weighted by molar-refractivity contribution is 7.10. The summed E-state index contributed by atoms with van der Waals surface area (Å²) in [6.45, 7) is 4.08. The average molecular weight is 536 g/mol. The molecule has 3 aliphatic heterocycles. The topological polar surface area (TPSA) is 54.0 Å². The quantitative estimate of drug-likeness (QED) is 0.610. The molecule has 0 saturated carbocycles. The first-order valence-electron chi connectivity index (χ1n) is 13.1. The normalized spacial score (nSPS) is 28.4. The predicted octanol–water partition coefficient (Wildman–Crippen LogP) is 3.79. The third kappa shape index (κ3) is 5.45. The number of halogens is 3. The maximum absolute atomic E-state index is 13.2. The number of ether oxygens (including phenoxy) is 2. The lowest BCUT2D eigenvalue weighted by Crippen LogP contribution is -2.48. The molecule has 2 saturated heterocycles. The molecule has 0 bridgehead atoms. The van der Waals surface area contributed by atoms with Crippen molar-refractivity contribution in [2.75, 3.05) is 39.4 Å². The Hall–Kier alpha value is -1.98. The van der Waals surface area contributed by atoms with E-state index in [1.54, 1.807) is 17.4 Å². The highest BCUT2D eigenvalue weighted by atomic mass is 32.1. The Balaban J connectivity index is 1.10. The first-order chi connectivity index (χ1) is 17.8. The Morgan fingerprint density at radius 2 is 2.03 bits per heavy atom. The van der Waals surface area contributed by atoms with Crippen LogP contribution >= 0.6 is 11.3 Å². The van der Waals surface area contributed by atoms with Gasteiger partial charge in [-0.3, -0.25) is 14.6 Å². The van der Waals surface area contributed by atoms with Crippen LogP contribution in [0.25, 0.3) is 0 Å². The summed E-state index contributed by atoms with van der Waals surface area (Å²) in [5.41, 5.74) is 2.30. The lowest BCUT2D eigenvalue weighted by Gasteiger charge is -2.30. The molecule has 4 heterocycles. The number of fused-ring (bicyclic) bond motifs is 2. The molecule has 6 rings (SSSR count). The van der Waals surface area contributed by atoms with Gasteiger partial charge in [0, 0.05) is 43.7 Å². The van der Waals surface area contributed by atoms with E-state index in [4.69, 9.17) is 9.47 Å². The van der Waals surface area contributed by atoms with Gasteiger partial charge < -0.3 is 14.8 Å². The van der Waals surface area contributed by atoms with Gasteiger partial charge in [0.2, 0.25) is 5.91 Å². The lowest BCUT2D eigenvalue weighted by atomic mass is 9.97. The summed E-state index contributed by atoms with van der Waals surface area (Å²) in [4.78, 5) is 18.8. The second-order valence-corrected chi connectivity index (χ2v) is 11.5. The van der Waals surface area contributed by atoms with Crippen LogP contribution in [0, 0.1) is 0 Å². The largest absolute Gasteiger partial charge is 0.416 e. The Morgan fingerprint density at radius 3 is 2.84 bits per heavy atom. The molecule has 1 aliphatic carbocycles. The molecule has 0 spiro atoms. The fourth-order valence-electron chi connectivity index (χ4n) is 6.17. The van der Waals surface area contributed by atoms with Crippen molar-refractivity contribution < 1.29 is 27.4 Å². The van der Waals surface area contributed by atoms with Crippen LogP contribution < -0.4 is 5.32 Å². The van der Waals surface area contributed by atoms with Gasteiger partial charge in [-0.05, 0) is 66.0 Å². The summed E-state index contributed by atoms with van der Waals surface area (Å²) in [5.74, 6) is -0.109. The minimum Gasteiger partial charge on any atom is -0.380 e. The van der Waals surface area contributed by atoms with Crippen molar-refractivity contribution in [3.63, 3.8) is 0 Å². The molecule has 3 unspecified atom stereocenters. The minimum absolute atomic E-state index is 0.0700. The van der Waals surface area contributed by atoms with Crippen molar-refractivity contribution >= 4 is 17.2 Å². The maximum Gasteiger partial charge on any atom is 0.416 e. The standard InChI is InChI=1S/C27H32F3N3O3S/c28-27(29,30)20-3-1-17-5-8-32(12-19(17)11-20)15-25(34)31-22-13-33(21-6-9-35-16-21)14-24(22)36-23-4-2-18-7-10-37-26(18)23/h1,3,7,10-11,21-24H,2,4-6,8-9,12-16H2,(H,31,34)/t21?,22?,23?,24-/m0/s1. The molecule has 4 atom stereocenters. The van der Waals surface area contributed by atoms with E-state index >= 15 is 0 Å². The fourth-order valence-corrected chi connectivity index (χ4v) is 7.19. The highest BCUT2D eigenvalue weighted by Crippen LogP contribution is 2.40. The second kappa shape index (κ2) is 10.3. The van der Waals surface area contributed by atoms with Crippen LogP contribution in [-0.2, 0) is 39.8 Å². The number of hydrogen-bond acceptors (Lipinski definition) is 6. The van der Waals surface area contributed by atoms with E-state index < -0.39 is 11.7 Å². The van der Waals surface area contributed by atoms with Crippen LogP contribution in [-0.4, -0.2) is 73.3 Å². The van der Waals surface area contributed by atoms with E-state index in [0.29, 0.717) is 44.3 Å². The predicted molar refractivity (Wildman–Crippen MR) is 133 cm³/mol. The fraction of sp³-hybridized carbons (Fsp3) is 0.593. The molecule has 4 aliphatic rings. The molecule has 1 aromatic heterocycles. The van der Waals surface area contributed by atoms with Gasteiger partial charge in [0.25, 0.3) is 0 Å². The van der Waals surface area contributed by atoms with Crippen LogP contribution in [0.1, 0.15) is 46.1 Å². The minimum atomic E-state index is -4.37. The van der Waals surface area contributed by atoms with Gasteiger partial charge in [0.1, 0.15) is 0 Å². The molecule has 1 aromatic carbocycles. The van der Waals surface area contributed by atoms with Gasteiger partial charge in [-0.15, -0.1) is 11.3 Å². The number of likely N-dealkylation sites (tertiary alicyclic amines) is 1. The summed E-state index contributed by atoms with van der Waals surface area (Å²) in [6, 6.07) is 6.32. The Kier molecular flexibility index (Phi) is 7.04. The third-order valence-electron chi connectivity index (χ3n) is 8.14. The highest BCUT2D eigenvalue weighted by Gasteiger charge is 2.41. The van der Waals surface area contributed by atoms with E-state index in [0.717, 1.165) is 44.0 Å². The number of rotatable bonds is 6. The Labute approximate surface area is 218 Å². The number of thiophene rings is 1. The van der Waals surface area contributed by atoms with Crippen molar-refractivity contribution in [2.45, 2.75) is 62.7 Å². The number of benzene rings is 1. The smallest absolute Gasteiger partial charge is 0.380 e. The van der Waals surface area contributed by atoms with Gasteiger partial charge >= 0.3 is 6.18 Å². The first-order valence-corrected chi connectivity index (χ1v) is 14.0. The van der Waals surface area contributed by atoms with E-state index in [1.165, 1.54) is 16.5 Å². The van der Waals surface area contributed by atoms with Crippen molar-refractivity contribution in [3.05, 3.63) is 56.8 Å². The van der Waals surface area contributed by atoms with Crippen LogP contribution in [0.2, 0.25) is 0 Å². The zero-order valence-corrected chi connectivity index (χ0v) is 21.5. The molecule has 1 amide bonds. The number of nitrogens with one attached hydrogen (secondary N) is 1. The van der Waals surface area contributed by atoms with Crippen LogP contribution in [0.5, 0.6) is 0 Å². The van der Waals surface area contributed by atoms with E-state index in [2.05, 4.69) is 21.7 Å². The zero-order chi connectivity index (χ0) is 25.6. The van der Waals surface area contributed by atoms with Crippen molar-refractivity contribution in [1.29, 1.82) is 0 Å². The van der Waals surface area contributed by atoms with Gasteiger partial charge in [0.05, 0.1) is 37.0 Å². The van der Waals surface area contributed by atoms with Gasteiger partial charge in [-0.1, -0.05) is 6.07 Å². The lowest BCUT2D eigenvalue weighted by molar-refractivity contribution is -0.137. The third-order valence-corrected chi connectivity index (χ3v) is 9.19. The Morgan fingerprint density at radius 1 is 1.14 bits per heavy atom. The molecule has 0 radical (unpaired) electrons. The maximum atomic E-state index is 13.2. The molecule has 6 nitrogen and oxygen atoms in total. The number of aryl methyl sites for hydroxylation is 1. The number of alkyl halides is 3. The summed E-state index contributed by atoms with van der Waals surface area (Å²) >= 11 is 1.74. The van der Waals surface area contributed by atoms with Crippen LogP contribution in [0.3, 0.4) is 0 Å².